The number of hydrogen-bond acceptors (Lipinski definition) is 3. The minimum Gasteiger partial charge on any atom is -0.493 e. The molecule has 0 spiro atoms. The van der Waals surface area contributed by atoms with Crippen LogP contribution < -0.4 is 15.8 Å². The number of benzene rings is 1. The lowest BCUT2D eigenvalue weighted by Gasteiger charge is -2.28. The third-order valence-corrected chi connectivity index (χ3v) is 3.84. The molecule has 1 unspecified atom stereocenters. The van der Waals surface area contributed by atoms with Crippen molar-refractivity contribution in [3.05, 3.63) is 29.8 Å². The van der Waals surface area contributed by atoms with Gasteiger partial charge in [0.25, 0.3) is 0 Å². The normalized spacial score (nSPS) is 18.1. The quantitative estimate of drug-likeness (QED) is 0.865. The van der Waals surface area contributed by atoms with Crippen molar-refractivity contribution in [1.82, 2.24) is 5.32 Å². The SMILES string of the molecule is CC(C)(CCN)CNC(=O)C1CCOc2ccccc21. The number of carbonyl (C=O) groups is 1. The molecule has 1 amide bonds. The standard InChI is InChI=1S/C16H24N2O2/c1-16(2,8-9-17)11-18-15(19)13-7-10-20-14-6-4-3-5-12(13)14/h3-6,13H,7-11,17H2,1-2H3,(H,18,19). The van der Waals surface area contributed by atoms with Crippen molar-refractivity contribution in [2.24, 2.45) is 11.1 Å². The Bertz CT molecular complexity index is 471. The van der Waals surface area contributed by atoms with Crippen molar-refractivity contribution in [2.45, 2.75) is 32.6 Å². The summed E-state index contributed by atoms with van der Waals surface area (Å²) in [5.74, 6) is 0.819. The molecule has 1 atom stereocenters. The molecule has 20 heavy (non-hydrogen) atoms. The topological polar surface area (TPSA) is 64.3 Å². The van der Waals surface area contributed by atoms with Crippen molar-refractivity contribution >= 4 is 5.91 Å². The van der Waals surface area contributed by atoms with Crippen LogP contribution in [0.15, 0.2) is 24.3 Å². The second-order valence-electron chi connectivity index (χ2n) is 6.15. The summed E-state index contributed by atoms with van der Waals surface area (Å²) >= 11 is 0. The lowest BCUT2D eigenvalue weighted by Crippen LogP contribution is -2.39. The zero-order chi connectivity index (χ0) is 14.6. The fourth-order valence-corrected chi connectivity index (χ4v) is 2.54. The van der Waals surface area contributed by atoms with Crippen molar-refractivity contribution < 1.29 is 9.53 Å². The summed E-state index contributed by atoms with van der Waals surface area (Å²) in [6, 6.07) is 7.78. The van der Waals surface area contributed by atoms with Gasteiger partial charge in [-0.05, 0) is 30.9 Å². The molecule has 0 fully saturated rings. The second-order valence-corrected chi connectivity index (χ2v) is 6.15. The van der Waals surface area contributed by atoms with Crippen molar-refractivity contribution in [2.75, 3.05) is 19.7 Å². The highest BCUT2D eigenvalue weighted by molar-refractivity contribution is 5.84. The molecule has 1 aromatic carbocycles. The van der Waals surface area contributed by atoms with Crippen LogP contribution in [-0.2, 0) is 4.79 Å². The molecule has 0 saturated carbocycles. The lowest BCUT2D eigenvalue weighted by molar-refractivity contribution is -0.123. The van der Waals surface area contributed by atoms with Crippen LogP contribution in [0.2, 0.25) is 0 Å². The smallest absolute Gasteiger partial charge is 0.227 e. The summed E-state index contributed by atoms with van der Waals surface area (Å²) in [5.41, 5.74) is 6.63. The van der Waals surface area contributed by atoms with E-state index in [4.69, 9.17) is 10.5 Å². The van der Waals surface area contributed by atoms with E-state index in [9.17, 15) is 4.79 Å². The van der Waals surface area contributed by atoms with Crippen molar-refractivity contribution in [1.29, 1.82) is 0 Å². The zero-order valence-corrected chi connectivity index (χ0v) is 12.3. The van der Waals surface area contributed by atoms with E-state index in [-0.39, 0.29) is 17.2 Å². The first kappa shape index (κ1) is 14.9. The average Bonchev–Trinajstić information content (AvgIpc) is 2.44. The summed E-state index contributed by atoms with van der Waals surface area (Å²) < 4.78 is 5.59. The highest BCUT2D eigenvalue weighted by Gasteiger charge is 2.28. The summed E-state index contributed by atoms with van der Waals surface area (Å²) in [4.78, 5) is 12.4. The van der Waals surface area contributed by atoms with Crippen LogP contribution in [0.5, 0.6) is 5.75 Å². The predicted molar refractivity (Wildman–Crippen MR) is 79.8 cm³/mol. The Kier molecular flexibility index (Phi) is 4.65. The molecule has 0 bridgehead atoms. The highest BCUT2D eigenvalue weighted by atomic mass is 16.5. The van der Waals surface area contributed by atoms with E-state index in [0.29, 0.717) is 19.7 Å². The van der Waals surface area contributed by atoms with E-state index in [0.717, 1.165) is 24.2 Å². The van der Waals surface area contributed by atoms with Crippen molar-refractivity contribution in [3.8, 4) is 5.75 Å². The number of carbonyl (C=O) groups excluding carboxylic acids is 1. The first-order valence-electron chi connectivity index (χ1n) is 7.23. The molecule has 2 rings (SSSR count). The molecule has 1 aliphatic heterocycles. The van der Waals surface area contributed by atoms with Gasteiger partial charge in [-0.25, -0.2) is 0 Å². The van der Waals surface area contributed by atoms with E-state index < -0.39 is 0 Å². The second kappa shape index (κ2) is 6.27. The Balaban J connectivity index is 2.01. The number of nitrogens with one attached hydrogen (secondary N) is 1. The third-order valence-electron chi connectivity index (χ3n) is 3.84. The molecule has 3 N–H and O–H groups in total. The van der Waals surface area contributed by atoms with Gasteiger partial charge >= 0.3 is 0 Å². The summed E-state index contributed by atoms with van der Waals surface area (Å²) in [7, 11) is 0. The third kappa shape index (κ3) is 3.51. The van der Waals surface area contributed by atoms with Crippen LogP contribution in [0.25, 0.3) is 0 Å². The fourth-order valence-electron chi connectivity index (χ4n) is 2.54. The first-order valence-corrected chi connectivity index (χ1v) is 7.23. The number of nitrogens with two attached hydrogens (primary N) is 1. The lowest BCUT2D eigenvalue weighted by atomic mass is 9.88. The minimum absolute atomic E-state index is 0.0368. The van der Waals surface area contributed by atoms with Gasteiger partial charge in [0.1, 0.15) is 5.75 Å². The molecule has 1 aromatic rings. The number of rotatable bonds is 5. The van der Waals surface area contributed by atoms with Crippen LogP contribution in [-0.4, -0.2) is 25.6 Å². The van der Waals surface area contributed by atoms with Gasteiger partial charge in [-0.2, -0.15) is 0 Å². The van der Waals surface area contributed by atoms with E-state index in [2.05, 4.69) is 19.2 Å². The molecule has 0 saturated heterocycles. The summed E-state index contributed by atoms with van der Waals surface area (Å²) in [6.07, 6.45) is 1.64. The van der Waals surface area contributed by atoms with Gasteiger partial charge in [-0.15, -0.1) is 0 Å². The first-order chi connectivity index (χ1) is 9.53. The maximum absolute atomic E-state index is 12.4. The monoisotopic (exact) mass is 276 g/mol. The maximum Gasteiger partial charge on any atom is 0.227 e. The molecule has 4 heteroatoms. The number of hydrogen-bond donors (Lipinski definition) is 2. The molecule has 4 nitrogen and oxygen atoms in total. The maximum atomic E-state index is 12.4. The Morgan fingerprint density at radius 1 is 1.45 bits per heavy atom. The molecule has 1 aliphatic rings. The van der Waals surface area contributed by atoms with Gasteiger partial charge in [0.15, 0.2) is 0 Å². The number of fused-ring (bicyclic) bond motifs is 1. The number of para-hydroxylation sites is 1. The van der Waals surface area contributed by atoms with Gasteiger partial charge < -0.3 is 15.8 Å². The van der Waals surface area contributed by atoms with Gasteiger partial charge in [0.2, 0.25) is 5.91 Å². The molecular weight excluding hydrogens is 252 g/mol. The molecule has 0 radical (unpaired) electrons. The predicted octanol–water partition coefficient (Wildman–Crippen LogP) is 2.04. The van der Waals surface area contributed by atoms with Gasteiger partial charge in [-0.1, -0.05) is 32.0 Å². The summed E-state index contributed by atoms with van der Waals surface area (Å²) in [6.45, 7) is 6.14. The molecule has 1 heterocycles. The molecule has 0 aliphatic carbocycles. The van der Waals surface area contributed by atoms with Crippen LogP contribution in [0.4, 0.5) is 0 Å². The Hall–Kier alpha value is -1.55. The number of ether oxygens (including phenoxy) is 1. The molecule has 110 valence electrons. The summed E-state index contributed by atoms with van der Waals surface area (Å²) in [5, 5.41) is 3.07. The largest absolute Gasteiger partial charge is 0.493 e. The van der Waals surface area contributed by atoms with Crippen molar-refractivity contribution in [3.63, 3.8) is 0 Å². The van der Waals surface area contributed by atoms with Gasteiger partial charge in [0.05, 0.1) is 12.5 Å². The van der Waals surface area contributed by atoms with Gasteiger partial charge in [0, 0.05) is 12.1 Å². The Labute approximate surface area is 120 Å². The number of amides is 1. The van der Waals surface area contributed by atoms with E-state index in [1.165, 1.54) is 0 Å². The molecule has 0 aromatic heterocycles. The van der Waals surface area contributed by atoms with E-state index >= 15 is 0 Å². The van der Waals surface area contributed by atoms with Crippen LogP contribution in [0.3, 0.4) is 0 Å². The van der Waals surface area contributed by atoms with Crippen LogP contribution >= 0.6 is 0 Å². The highest BCUT2D eigenvalue weighted by Crippen LogP contribution is 2.33. The Morgan fingerprint density at radius 3 is 2.95 bits per heavy atom. The minimum atomic E-state index is -0.103. The molecular formula is C16H24N2O2. The van der Waals surface area contributed by atoms with E-state index in [1.807, 2.05) is 24.3 Å². The van der Waals surface area contributed by atoms with Crippen LogP contribution in [0.1, 0.15) is 38.2 Å². The average molecular weight is 276 g/mol. The zero-order valence-electron chi connectivity index (χ0n) is 12.3. The van der Waals surface area contributed by atoms with Crippen LogP contribution in [0, 0.1) is 5.41 Å². The van der Waals surface area contributed by atoms with Gasteiger partial charge in [-0.3, -0.25) is 4.79 Å². The fraction of sp³-hybridized carbons (Fsp3) is 0.562. The van der Waals surface area contributed by atoms with E-state index in [1.54, 1.807) is 0 Å². The Morgan fingerprint density at radius 2 is 2.20 bits per heavy atom.